The van der Waals surface area contributed by atoms with Gasteiger partial charge in [0.2, 0.25) is 10.0 Å². The molecule has 0 aromatic heterocycles. The quantitative estimate of drug-likeness (QED) is 0.246. The normalized spacial score (nSPS) is 15.4. The third-order valence-electron chi connectivity index (χ3n) is 7.36. The second-order valence-electron chi connectivity index (χ2n) is 10.8. The third-order valence-corrected chi connectivity index (χ3v) is 8.57. The van der Waals surface area contributed by atoms with Crippen LogP contribution in [0.1, 0.15) is 57.7 Å². The van der Waals surface area contributed by atoms with Crippen LogP contribution in [0.25, 0.3) is 0 Å². The number of aliphatic hydroxyl groups is 1. The van der Waals surface area contributed by atoms with Gasteiger partial charge in [0.15, 0.2) is 0 Å². The van der Waals surface area contributed by atoms with Gasteiger partial charge < -0.3 is 21.1 Å². The van der Waals surface area contributed by atoms with Gasteiger partial charge in [-0.1, -0.05) is 60.7 Å². The lowest BCUT2D eigenvalue weighted by Gasteiger charge is -2.24. The lowest BCUT2D eigenvalue weighted by molar-refractivity contribution is -0.674. The van der Waals surface area contributed by atoms with Crippen molar-refractivity contribution in [3.8, 4) is 0 Å². The van der Waals surface area contributed by atoms with E-state index < -0.39 is 34.0 Å². The number of aliphatic hydroxyl groups excluding tert-OH is 1. The van der Waals surface area contributed by atoms with Crippen molar-refractivity contribution in [2.24, 2.45) is 0 Å². The number of hydrogen-bond donors (Lipinski definition) is 4. The first-order chi connectivity index (χ1) is 19.5. The van der Waals surface area contributed by atoms with Crippen LogP contribution >= 0.6 is 0 Å². The van der Waals surface area contributed by atoms with Crippen molar-refractivity contribution in [2.45, 2.75) is 50.4 Å². The number of carbonyl (C=O) groups is 2. The van der Waals surface area contributed by atoms with E-state index in [9.17, 15) is 23.1 Å². The highest BCUT2D eigenvalue weighted by Crippen LogP contribution is 2.22. The predicted molar refractivity (Wildman–Crippen MR) is 159 cm³/mol. The summed E-state index contributed by atoms with van der Waals surface area (Å²) in [6, 6.07) is 23.0. The molecule has 0 radical (unpaired) electrons. The van der Waals surface area contributed by atoms with Crippen LogP contribution in [0.15, 0.2) is 78.9 Å². The Morgan fingerprint density at radius 1 is 0.951 bits per heavy atom. The number of amides is 2. The van der Waals surface area contributed by atoms with Gasteiger partial charge in [0.25, 0.3) is 11.8 Å². The number of anilines is 1. The molecular weight excluding hydrogens is 540 g/mol. The van der Waals surface area contributed by atoms with Gasteiger partial charge in [-0.15, -0.1) is 0 Å². The molecule has 0 spiro atoms. The molecule has 1 fully saturated rings. The number of nitrogens with two attached hydrogens (primary N) is 1. The lowest BCUT2D eigenvalue weighted by Crippen LogP contribution is -2.88. The van der Waals surface area contributed by atoms with Crippen molar-refractivity contribution < 1.29 is 28.4 Å². The second kappa shape index (κ2) is 13.3. The number of nitrogens with one attached hydrogen (secondary N) is 2. The minimum absolute atomic E-state index is 0.118. The van der Waals surface area contributed by atoms with Crippen LogP contribution in [0.3, 0.4) is 0 Å². The standard InChI is InChI=1S/C31H38N4O5S/c1-21(23-12-8-5-9-13-23)33-30(37)24-17-25(19-27(18-24)35(2)41(3,39)40)31(38)34-28(16-22-10-6-4-7-11-22)29(36)20-32-26-14-15-26/h4-13,17-19,21,26,28-29,32,36H,14-16,20H2,1-3H3,(H,33,37)(H,34,38)/p+1/t21-,28+,29-/m1/s1. The highest BCUT2D eigenvalue weighted by Gasteiger charge is 2.30. The Hall–Kier alpha value is -3.73. The number of benzene rings is 3. The summed E-state index contributed by atoms with van der Waals surface area (Å²) in [5.41, 5.74) is 2.31. The summed E-state index contributed by atoms with van der Waals surface area (Å²) in [5, 5.41) is 19.0. The molecule has 1 aliphatic carbocycles. The largest absolute Gasteiger partial charge is 0.385 e. The summed E-state index contributed by atoms with van der Waals surface area (Å²) < 4.78 is 25.7. The van der Waals surface area contributed by atoms with E-state index in [1.807, 2.05) is 67.6 Å². The van der Waals surface area contributed by atoms with E-state index in [2.05, 4.69) is 16.0 Å². The molecule has 0 aliphatic heterocycles. The van der Waals surface area contributed by atoms with Crippen molar-refractivity contribution in [2.75, 3.05) is 24.2 Å². The molecular formula is C31H39N4O5S+. The van der Waals surface area contributed by atoms with Crippen LogP contribution < -0.4 is 20.3 Å². The van der Waals surface area contributed by atoms with E-state index in [4.69, 9.17) is 0 Å². The molecule has 3 aromatic carbocycles. The number of nitrogens with zero attached hydrogens (tertiary/aromatic N) is 1. The highest BCUT2D eigenvalue weighted by atomic mass is 32.2. The zero-order valence-electron chi connectivity index (χ0n) is 23.7. The molecule has 0 unspecified atom stereocenters. The Labute approximate surface area is 242 Å². The Bertz CT molecular complexity index is 1450. The van der Waals surface area contributed by atoms with E-state index in [0.717, 1.165) is 34.5 Å². The number of carbonyl (C=O) groups excluding carboxylic acids is 2. The molecule has 1 aliphatic rings. The fourth-order valence-electron chi connectivity index (χ4n) is 4.58. The van der Waals surface area contributed by atoms with E-state index in [0.29, 0.717) is 19.0 Å². The predicted octanol–water partition coefficient (Wildman–Crippen LogP) is 2.00. The molecule has 3 atom stereocenters. The smallest absolute Gasteiger partial charge is 0.251 e. The van der Waals surface area contributed by atoms with Gasteiger partial charge in [-0.3, -0.25) is 13.9 Å². The van der Waals surface area contributed by atoms with Crippen LogP contribution in [0.4, 0.5) is 5.69 Å². The maximum Gasteiger partial charge on any atom is 0.251 e. The van der Waals surface area contributed by atoms with Crippen LogP contribution in [0, 0.1) is 0 Å². The maximum absolute atomic E-state index is 13.6. The van der Waals surface area contributed by atoms with Gasteiger partial charge in [0.1, 0.15) is 12.6 Å². The van der Waals surface area contributed by atoms with Gasteiger partial charge in [-0.2, -0.15) is 0 Å². The average Bonchev–Trinajstić information content (AvgIpc) is 3.80. The molecule has 2 amide bonds. The minimum atomic E-state index is -3.67. The second-order valence-corrected chi connectivity index (χ2v) is 12.8. The molecule has 4 rings (SSSR count). The topological polar surface area (TPSA) is 132 Å². The van der Waals surface area contributed by atoms with Crippen LogP contribution in [-0.4, -0.2) is 63.4 Å². The first kappa shape index (κ1) is 30.2. The van der Waals surface area contributed by atoms with Gasteiger partial charge in [0, 0.05) is 31.0 Å². The summed E-state index contributed by atoms with van der Waals surface area (Å²) in [4.78, 5) is 26.9. The van der Waals surface area contributed by atoms with Crippen molar-refractivity contribution in [1.82, 2.24) is 10.6 Å². The van der Waals surface area contributed by atoms with Crippen molar-refractivity contribution in [3.63, 3.8) is 0 Å². The van der Waals surface area contributed by atoms with Gasteiger partial charge in [0.05, 0.1) is 30.1 Å². The number of sulfonamides is 1. The van der Waals surface area contributed by atoms with Gasteiger partial charge in [-0.25, -0.2) is 8.42 Å². The van der Waals surface area contributed by atoms with Crippen molar-refractivity contribution >= 4 is 27.5 Å². The molecule has 0 saturated heterocycles. The molecule has 1 saturated carbocycles. The van der Waals surface area contributed by atoms with E-state index in [1.54, 1.807) is 0 Å². The number of hydrogen-bond acceptors (Lipinski definition) is 5. The Kier molecular flexibility index (Phi) is 9.80. The Morgan fingerprint density at radius 2 is 1.51 bits per heavy atom. The monoisotopic (exact) mass is 579 g/mol. The Balaban J connectivity index is 1.61. The van der Waals surface area contributed by atoms with Crippen LogP contribution in [0.5, 0.6) is 0 Å². The SMILES string of the molecule is C[C@@H](NC(=O)c1cc(C(=O)N[C@@H](Cc2ccccc2)[C@H](O)C[NH2+]C2CC2)cc(N(C)S(C)(=O)=O)c1)c1ccccc1. The Morgan fingerprint density at radius 3 is 2.07 bits per heavy atom. The number of rotatable bonds is 13. The van der Waals surface area contributed by atoms with Crippen LogP contribution in [0.2, 0.25) is 0 Å². The fourth-order valence-corrected chi connectivity index (χ4v) is 5.07. The molecule has 3 aromatic rings. The summed E-state index contributed by atoms with van der Waals surface area (Å²) in [7, 11) is -2.30. The summed E-state index contributed by atoms with van der Waals surface area (Å²) in [5.74, 6) is -0.954. The van der Waals surface area contributed by atoms with Gasteiger partial charge >= 0.3 is 0 Å². The zero-order chi connectivity index (χ0) is 29.6. The molecule has 10 heteroatoms. The van der Waals surface area contributed by atoms with E-state index >= 15 is 0 Å². The van der Waals surface area contributed by atoms with E-state index in [-0.39, 0.29) is 22.9 Å². The molecule has 0 heterocycles. The van der Waals surface area contributed by atoms with Crippen molar-refractivity contribution in [3.05, 3.63) is 101 Å². The molecule has 218 valence electrons. The van der Waals surface area contributed by atoms with E-state index in [1.165, 1.54) is 25.2 Å². The maximum atomic E-state index is 13.6. The first-order valence-electron chi connectivity index (χ1n) is 13.8. The molecule has 9 nitrogen and oxygen atoms in total. The molecule has 5 N–H and O–H groups in total. The zero-order valence-corrected chi connectivity index (χ0v) is 24.5. The summed E-state index contributed by atoms with van der Waals surface area (Å²) in [6.45, 7) is 2.30. The summed E-state index contributed by atoms with van der Waals surface area (Å²) >= 11 is 0. The minimum Gasteiger partial charge on any atom is -0.385 e. The highest BCUT2D eigenvalue weighted by molar-refractivity contribution is 7.92. The molecule has 0 bridgehead atoms. The number of quaternary nitrogens is 1. The summed E-state index contributed by atoms with van der Waals surface area (Å²) in [6.07, 6.45) is 2.90. The van der Waals surface area contributed by atoms with Gasteiger partial charge in [-0.05, 0) is 42.7 Å². The third kappa shape index (κ3) is 8.63. The molecule has 41 heavy (non-hydrogen) atoms. The average molecular weight is 580 g/mol. The fraction of sp³-hybridized carbons (Fsp3) is 0.355. The van der Waals surface area contributed by atoms with Crippen LogP contribution in [-0.2, 0) is 16.4 Å². The van der Waals surface area contributed by atoms with Crippen molar-refractivity contribution in [1.29, 1.82) is 0 Å². The first-order valence-corrected chi connectivity index (χ1v) is 15.7. The lowest BCUT2D eigenvalue weighted by atomic mass is 10.00.